The minimum Gasteiger partial charge on any atom is -0.325 e. The molecule has 0 spiro atoms. The number of hydrogen-bond donors (Lipinski definition) is 2. The van der Waals surface area contributed by atoms with Crippen LogP contribution >= 0.6 is 12.4 Å². The lowest BCUT2D eigenvalue weighted by Gasteiger charge is -2.02. The first kappa shape index (κ1) is 12.8. The van der Waals surface area contributed by atoms with E-state index in [1.165, 1.54) is 6.07 Å². The summed E-state index contributed by atoms with van der Waals surface area (Å²) in [6, 6.07) is 3.08. The molecule has 0 atom stereocenters. The fourth-order valence-corrected chi connectivity index (χ4v) is 0.786. The average Bonchev–Trinajstić information content (AvgIpc) is 2.11. The highest BCUT2D eigenvalue weighted by molar-refractivity contribution is 5.92. The van der Waals surface area contributed by atoms with Gasteiger partial charge in [-0.1, -0.05) is 0 Å². The van der Waals surface area contributed by atoms with E-state index < -0.39 is 17.5 Å². The highest BCUT2D eigenvalue weighted by atomic mass is 35.5. The molecule has 0 aromatic heterocycles. The molecule has 0 aliphatic carbocycles. The topological polar surface area (TPSA) is 55.1 Å². The van der Waals surface area contributed by atoms with Crippen molar-refractivity contribution < 1.29 is 13.6 Å². The van der Waals surface area contributed by atoms with Gasteiger partial charge in [0.15, 0.2) is 11.6 Å². The molecule has 0 radical (unpaired) electrons. The summed E-state index contributed by atoms with van der Waals surface area (Å²) in [5, 5.41) is 2.29. The first-order chi connectivity index (χ1) is 6.13. The quantitative estimate of drug-likeness (QED) is 0.792. The smallest absolute Gasteiger partial charge is 0.238 e. The second-order valence-corrected chi connectivity index (χ2v) is 2.38. The molecule has 0 heterocycles. The largest absolute Gasteiger partial charge is 0.325 e. The maximum atomic E-state index is 12.6. The van der Waals surface area contributed by atoms with Gasteiger partial charge >= 0.3 is 0 Å². The molecule has 1 amide bonds. The Morgan fingerprint density at radius 1 is 1.36 bits per heavy atom. The van der Waals surface area contributed by atoms with Gasteiger partial charge in [0.2, 0.25) is 5.91 Å². The normalized spacial score (nSPS) is 9.07. The Kier molecular flexibility index (Phi) is 5.04. The molecule has 0 saturated heterocycles. The Balaban J connectivity index is 0.00000169. The Labute approximate surface area is 85.7 Å². The van der Waals surface area contributed by atoms with Crippen LogP contribution in [-0.2, 0) is 4.79 Å². The van der Waals surface area contributed by atoms with Crippen molar-refractivity contribution in [3.63, 3.8) is 0 Å². The van der Waals surface area contributed by atoms with E-state index >= 15 is 0 Å². The van der Waals surface area contributed by atoms with Crippen molar-refractivity contribution in [3.8, 4) is 0 Å². The predicted octanol–water partition coefficient (Wildman–Crippen LogP) is 1.28. The Bertz CT molecular complexity index is 333. The van der Waals surface area contributed by atoms with Crippen LogP contribution in [0, 0.1) is 11.6 Å². The standard InChI is InChI=1S/C8H8F2N2O.ClH/c9-6-2-1-5(3-7(6)10)12-8(13)4-11;/h1-3H,4,11H2,(H,12,13);1H. The first-order valence-electron chi connectivity index (χ1n) is 3.58. The number of nitrogens with one attached hydrogen (secondary N) is 1. The number of nitrogens with two attached hydrogens (primary N) is 1. The number of anilines is 1. The van der Waals surface area contributed by atoms with E-state index in [4.69, 9.17) is 5.73 Å². The van der Waals surface area contributed by atoms with Crippen molar-refractivity contribution in [2.45, 2.75) is 0 Å². The molecular formula is C8H9ClF2N2O. The molecule has 14 heavy (non-hydrogen) atoms. The summed E-state index contributed by atoms with van der Waals surface area (Å²) in [4.78, 5) is 10.7. The molecule has 0 unspecified atom stereocenters. The fraction of sp³-hybridized carbons (Fsp3) is 0.125. The minimum absolute atomic E-state index is 0. The van der Waals surface area contributed by atoms with Crippen molar-refractivity contribution >= 4 is 24.0 Å². The van der Waals surface area contributed by atoms with Crippen LogP contribution in [0.1, 0.15) is 0 Å². The number of halogens is 3. The van der Waals surface area contributed by atoms with Crippen LogP contribution in [0.2, 0.25) is 0 Å². The molecule has 3 N–H and O–H groups in total. The SMILES string of the molecule is Cl.NCC(=O)Nc1ccc(F)c(F)c1. The van der Waals surface area contributed by atoms with Crippen molar-refractivity contribution in [2.24, 2.45) is 5.73 Å². The zero-order valence-electron chi connectivity index (χ0n) is 7.09. The zero-order valence-corrected chi connectivity index (χ0v) is 7.91. The van der Waals surface area contributed by atoms with Crippen LogP contribution in [0.5, 0.6) is 0 Å². The molecule has 0 aliphatic heterocycles. The van der Waals surface area contributed by atoms with Crippen LogP contribution in [0.15, 0.2) is 18.2 Å². The summed E-state index contributed by atoms with van der Waals surface area (Å²) in [6.45, 7) is -0.195. The van der Waals surface area contributed by atoms with Crippen LogP contribution in [-0.4, -0.2) is 12.5 Å². The minimum atomic E-state index is -1.00. The molecule has 1 aromatic rings. The lowest BCUT2D eigenvalue weighted by molar-refractivity contribution is -0.114. The van der Waals surface area contributed by atoms with Gasteiger partial charge in [0.25, 0.3) is 0 Å². The molecule has 3 nitrogen and oxygen atoms in total. The monoisotopic (exact) mass is 222 g/mol. The predicted molar refractivity (Wildman–Crippen MR) is 51.3 cm³/mol. The summed E-state index contributed by atoms with van der Waals surface area (Å²) in [6.07, 6.45) is 0. The van der Waals surface area contributed by atoms with Crippen molar-refractivity contribution in [3.05, 3.63) is 29.8 Å². The molecule has 0 bridgehead atoms. The number of hydrogen-bond acceptors (Lipinski definition) is 2. The van der Waals surface area contributed by atoms with E-state index in [-0.39, 0.29) is 24.6 Å². The fourth-order valence-electron chi connectivity index (χ4n) is 0.786. The van der Waals surface area contributed by atoms with Gasteiger partial charge in [0.05, 0.1) is 6.54 Å². The third-order valence-corrected chi connectivity index (χ3v) is 1.39. The van der Waals surface area contributed by atoms with Gasteiger partial charge in [-0.05, 0) is 12.1 Å². The number of carbonyl (C=O) groups excluding carboxylic acids is 1. The Morgan fingerprint density at radius 2 is 2.00 bits per heavy atom. The lowest BCUT2D eigenvalue weighted by Crippen LogP contribution is -2.21. The molecular weight excluding hydrogens is 214 g/mol. The van der Waals surface area contributed by atoms with Crippen LogP contribution in [0.25, 0.3) is 0 Å². The molecule has 0 fully saturated rings. The van der Waals surface area contributed by atoms with Gasteiger partial charge in [0.1, 0.15) is 0 Å². The first-order valence-corrected chi connectivity index (χ1v) is 3.58. The second kappa shape index (κ2) is 5.51. The third kappa shape index (κ3) is 3.27. The summed E-state index contributed by atoms with van der Waals surface area (Å²) >= 11 is 0. The van der Waals surface area contributed by atoms with Gasteiger partial charge in [-0.2, -0.15) is 0 Å². The molecule has 1 rings (SSSR count). The molecule has 78 valence electrons. The van der Waals surface area contributed by atoms with E-state index in [2.05, 4.69) is 5.32 Å². The van der Waals surface area contributed by atoms with E-state index in [9.17, 15) is 13.6 Å². The zero-order chi connectivity index (χ0) is 9.84. The van der Waals surface area contributed by atoms with Crippen molar-refractivity contribution in [1.29, 1.82) is 0 Å². The highest BCUT2D eigenvalue weighted by Crippen LogP contribution is 2.12. The Hall–Kier alpha value is -1.20. The molecule has 1 aromatic carbocycles. The van der Waals surface area contributed by atoms with Gasteiger partial charge in [-0.15, -0.1) is 12.4 Å². The van der Waals surface area contributed by atoms with Crippen LogP contribution in [0.3, 0.4) is 0 Å². The second-order valence-electron chi connectivity index (χ2n) is 2.38. The summed E-state index contributed by atoms with van der Waals surface area (Å²) < 4.78 is 25.0. The van der Waals surface area contributed by atoms with Crippen molar-refractivity contribution in [2.75, 3.05) is 11.9 Å². The average molecular weight is 223 g/mol. The number of amides is 1. The van der Waals surface area contributed by atoms with Gasteiger partial charge < -0.3 is 11.1 Å². The number of rotatable bonds is 2. The molecule has 0 saturated carbocycles. The van der Waals surface area contributed by atoms with Gasteiger partial charge in [-0.25, -0.2) is 8.78 Å². The summed E-state index contributed by atoms with van der Waals surface area (Å²) in [5.74, 6) is -2.41. The molecule has 6 heteroatoms. The summed E-state index contributed by atoms with van der Waals surface area (Å²) in [7, 11) is 0. The summed E-state index contributed by atoms with van der Waals surface area (Å²) in [5.41, 5.74) is 5.20. The maximum absolute atomic E-state index is 12.6. The van der Waals surface area contributed by atoms with E-state index in [0.29, 0.717) is 0 Å². The lowest BCUT2D eigenvalue weighted by atomic mass is 10.3. The van der Waals surface area contributed by atoms with E-state index in [0.717, 1.165) is 12.1 Å². The highest BCUT2D eigenvalue weighted by Gasteiger charge is 2.04. The van der Waals surface area contributed by atoms with E-state index in [1.807, 2.05) is 0 Å². The maximum Gasteiger partial charge on any atom is 0.238 e. The Morgan fingerprint density at radius 3 is 2.50 bits per heavy atom. The van der Waals surface area contributed by atoms with Crippen LogP contribution < -0.4 is 11.1 Å². The van der Waals surface area contributed by atoms with Crippen molar-refractivity contribution in [1.82, 2.24) is 0 Å². The van der Waals surface area contributed by atoms with Gasteiger partial charge in [0, 0.05) is 11.8 Å². The van der Waals surface area contributed by atoms with Gasteiger partial charge in [-0.3, -0.25) is 4.79 Å². The van der Waals surface area contributed by atoms with Crippen LogP contribution in [0.4, 0.5) is 14.5 Å². The molecule has 0 aliphatic rings. The number of carbonyl (C=O) groups is 1. The van der Waals surface area contributed by atoms with E-state index in [1.54, 1.807) is 0 Å². The number of benzene rings is 1. The third-order valence-electron chi connectivity index (χ3n) is 1.39.